The molecule has 0 spiro atoms. The first-order chi connectivity index (χ1) is 10.3. The highest BCUT2D eigenvalue weighted by Crippen LogP contribution is 2.39. The normalized spacial score (nSPS) is 27.5. The summed E-state index contributed by atoms with van der Waals surface area (Å²) in [6.07, 6.45) is 4.62. The van der Waals surface area contributed by atoms with Gasteiger partial charge in [0.1, 0.15) is 0 Å². The lowest BCUT2D eigenvalue weighted by molar-refractivity contribution is 0.255. The highest BCUT2D eigenvalue weighted by molar-refractivity contribution is 5.89. The number of rotatable bonds is 0. The molecule has 2 heteroatoms. The molecule has 1 aromatic heterocycles. The van der Waals surface area contributed by atoms with E-state index in [-0.39, 0.29) is 0 Å². The lowest BCUT2D eigenvalue weighted by Crippen LogP contribution is -2.36. The van der Waals surface area contributed by atoms with Crippen LogP contribution in [0, 0.1) is 5.92 Å². The van der Waals surface area contributed by atoms with Crippen LogP contribution in [0.15, 0.2) is 42.5 Å². The number of nitrogens with zero attached hydrogens (tertiary/aromatic N) is 1. The number of fused-ring (bicyclic) bond motifs is 4. The van der Waals surface area contributed by atoms with E-state index in [4.69, 9.17) is 0 Å². The third-order valence-corrected chi connectivity index (χ3v) is 5.19. The van der Waals surface area contributed by atoms with E-state index in [0.29, 0.717) is 5.92 Å². The number of benzene rings is 1. The molecule has 3 aliphatic heterocycles. The van der Waals surface area contributed by atoms with E-state index in [1.807, 2.05) is 0 Å². The maximum atomic E-state index is 4.48. The number of hydrogen-bond donors (Lipinski definition) is 1. The summed E-state index contributed by atoms with van der Waals surface area (Å²) < 4.78 is 0. The van der Waals surface area contributed by atoms with Gasteiger partial charge in [0, 0.05) is 35.6 Å². The third kappa shape index (κ3) is 1.97. The number of nitrogens with one attached hydrogen (secondary N) is 1. The standard InChI is InChI=1S/C19H22N2/c1-3-14-12-21-10-8-15(14)13(2)19-17(9-11-21)16-6-4-5-7-18(16)20-19/h3-7,15,20H,2,8-12H2,1H3/t15-/m0/s1. The Morgan fingerprint density at radius 3 is 3.00 bits per heavy atom. The van der Waals surface area contributed by atoms with E-state index >= 15 is 0 Å². The first-order valence-electron chi connectivity index (χ1n) is 7.94. The molecule has 0 aliphatic carbocycles. The fourth-order valence-electron chi connectivity index (χ4n) is 4.00. The molecule has 2 nitrogen and oxygen atoms in total. The number of piperidine rings is 1. The molecule has 5 rings (SSSR count). The van der Waals surface area contributed by atoms with Crippen molar-refractivity contribution in [2.75, 3.05) is 19.6 Å². The maximum absolute atomic E-state index is 4.48. The fourth-order valence-corrected chi connectivity index (χ4v) is 4.00. The lowest BCUT2D eigenvalue weighted by Gasteiger charge is -2.33. The van der Waals surface area contributed by atoms with Gasteiger partial charge < -0.3 is 4.98 Å². The summed E-state index contributed by atoms with van der Waals surface area (Å²) in [5.74, 6) is 0.510. The largest absolute Gasteiger partial charge is 0.355 e. The molecule has 0 saturated carbocycles. The zero-order valence-corrected chi connectivity index (χ0v) is 12.7. The van der Waals surface area contributed by atoms with Gasteiger partial charge >= 0.3 is 0 Å². The first-order valence-corrected chi connectivity index (χ1v) is 7.94. The molecule has 1 fully saturated rings. The van der Waals surface area contributed by atoms with Crippen LogP contribution in [-0.2, 0) is 6.42 Å². The van der Waals surface area contributed by atoms with Gasteiger partial charge in [-0.1, -0.05) is 36.4 Å². The van der Waals surface area contributed by atoms with Gasteiger partial charge in [0.2, 0.25) is 0 Å². The summed E-state index contributed by atoms with van der Waals surface area (Å²) >= 11 is 0. The maximum Gasteiger partial charge on any atom is 0.0461 e. The van der Waals surface area contributed by atoms with Gasteiger partial charge in [0.05, 0.1) is 0 Å². The predicted molar refractivity (Wildman–Crippen MR) is 89.3 cm³/mol. The van der Waals surface area contributed by atoms with Crippen molar-refractivity contribution in [2.45, 2.75) is 19.8 Å². The molecule has 1 unspecified atom stereocenters. The second kappa shape index (κ2) is 4.88. The molecule has 1 aromatic carbocycles. The second-order valence-electron chi connectivity index (χ2n) is 6.28. The van der Waals surface area contributed by atoms with Crippen LogP contribution in [-0.4, -0.2) is 29.5 Å². The van der Waals surface area contributed by atoms with Crippen LogP contribution in [0.2, 0.25) is 0 Å². The van der Waals surface area contributed by atoms with Crippen LogP contribution in [0.5, 0.6) is 0 Å². The van der Waals surface area contributed by atoms with Crippen LogP contribution in [0.25, 0.3) is 16.5 Å². The van der Waals surface area contributed by atoms with E-state index in [2.05, 4.69) is 53.7 Å². The van der Waals surface area contributed by atoms with Gasteiger partial charge in [0.15, 0.2) is 0 Å². The minimum atomic E-state index is 0.510. The number of H-pyrrole nitrogens is 1. The molecule has 2 atom stereocenters. The Balaban J connectivity index is 1.91. The van der Waals surface area contributed by atoms with Gasteiger partial charge in [-0.25, -0.2) is 0 Å². The van der Waals surface area contributed by atoms with E-state index in [1.54, 1.807) is 0 Å². The number of para-hydroxylation sites is 1. The van der Waals surface area contributed by atoms with Crippen molar-refractivity contribution in [2.24, 2.45) is 5.92 Å². The number of allylic oxidation sites excluding steroid dienone is 2. The second-order valence-corrected chi connectivity index (χ2v) is 6.28. The van der Waals surface area contributed by atoms with Crippen molar-refractivity contribution >= 4 is 16.5 Å². The van der Waals surface area contributed by atoms with Gasteiger partial charge in [-0.2, -0.15) is 0 Å². The van der Waals surface area contributed by atoms with Crippen LogP contribution < -0.4 is 0 Å². The van der Waals surface area contributed by atoms with E-state index in [9.17, 15) is 0 Å². The highest BCUT2D eigenvalue weighted by Gasteiger charge is 2.30. The molecular formula is C19H22N2. The molecule has 108 valence electrons. The van der Waals surface area contributed by atoms with E-state index in [0.717, 1.165) is 19.5 Å². The molecule has 2 aromatic rings. The van der Waals surface area contributed by atoms with Gasteiger partial charge in [-0.05, 0) is 43.5 Å². The lowest BCUT2D eigenvalue weighted by atomic mass is 9.84. The molecule has 1 N–H and O–H groups in total. The van der Waals surface area contributed by atoms with Gasteiger partial charge in [-0.15, -0.1) is 0 Å². The molecule has 1 saturated heterocycles. The summed E-state index contributed by atoms with van der Waals surface area (Å²) in [6.45, 7) is 10.1. The average molecular weight is 278 g/mol. The number of hydrogen-bond acceptors (Lipinski definition) is 1. The third-order valence-electron chi connectivity index (χ3n) is 5.19. The highest BCUT2D eigenvalue weighted by atomic mass is 15.1. The zero-order chi connectivity index (χ0) is 14.4. The average Bonchev–Trinajstić information content (AvgIpc) is 2.93. The van der Waals surface area contributed by atoms with Crippen LogP contribution >= 0.6 is 0 Å². The summed E-state index contributed by atoms with van der Waals surface area (Å²) in [6, 6.07) is 8.66. The zero-order valence-electron chi connectivity index (χ0n) is 12.7. The molecule has 3 aliphatic rings. The summed E-state index contributed by atoms with van der Waals surface area (Å²) in [5, 5.41) is 1.37. The van der Waals surface area contributed by atoms with Crippen LogP contribution in [0.3, 0.4) is 0 Å². The Morgan fingerprint density at radius 2 is 2.14 bits per heavy atom. The molecular weight excluding hydrogens is 256 g/mol. The number of aromatic nitrogens is 1. The molecule has 4 heterocycles. The van der Waals surface area contributed by atoms with Crippen LogP contribution in [0.4, 0.5) is 0 Å². The Hall–Kier alpha value is -1.80. The van der Waals surface area contributed by atoms with Crippen molar-refractivity contribution in [1.82, 2.24) is 9.88 Å². The van der Waals surface area contributed by atoms with Crippen molar-refractivity contribution in [3.63, 3.8) is 0 Å². The summed E-state index contributed by atoms with van der Waals surface area (Å²) in [5.41, 5.74) is 6.83. The quantitative estimate of drug-likeness (QED) is 0.722. The molecule has 0 radical (unpaired) electrons. The summed E-state index contributed by atoms with van der Waals surface area (Å²) in [4.78, 5) is 6.24. The Bertz CT molecular complexity index is 735. The predicted octanol–water partition coefficient (Wildman–Crippen LogP) is 4.01. The number of aromatic amines is 1. The topological polar surface area (TPSA) is 19.0 Å². The fraction of sp³-hybridized carbons (Fsp3) is 0.368. The minimum Gasteiger partial charge on any atom is -0.355 e. The molecule has 0 amide bonds. The summed E-state index contributed by atoms with van der Waals surface area (Å²) in [7, 11) is 0. The molecule has 21 heavy (non-hydrogen) atoms. The first kappa shape index (κ1) is 12.9. The Morgan fingerprint density at radius 1 is 1.29 bits per heavy atom. The minimum absolute atomic E-state index is 0.510. The van der Waals surface area contributed by atoms with Crippen LogP contribution in [0.1, 0.15) is 24.6 Å². The Kier molecular flexibility index (Phi) is 3.00. The van der Waals surface area contributed by atoms with Crippen molar-refractivity contribution in [3.8, 4) is 0 Å². The SMILES string of the molecule is C=C1c2[nH]c3ccccc3c2CCN2CC[C@@H]1C(=CC)C2. The Labute approximate surface area is 126 Å². The van der Waals surface area contributed by atoms with Gasteiger partial charge in [-0.3, -0.25) is 4.90 Å². The molecule has 2 bridgehead atoms. The van der Waals surface area contributed by atoms with Crippen molar-refractivity contribution in [1.29, 1.82) is 0 Å². The van der Waals surface area contributed by atoms with Gasteiger partial charge in [0.25, 0.3) is 0 Å². The smallest absolute Gasteiger partial charge is 0.0461 e. The van der Waals surface area contributed by atoms with E-state index < -0.39 is 0 Å². The van der Waals surface area contributed by atoms with Crippen molar-refractivity contribution < 1.29 is 0 Å². The monoisotopic (exact) mass is 278 g/mol. The van der Waals surface area contributed by atoms with Crippen molar-refractivity contribution in [3.05, 3.63) is 53.8 Å². The van der Waals surface area contributed by atoms with E-state index in [1.165, 1.54) is 46.3 Å².